The van der Waals surface area contributed by atoms with Crippen LogP contribution in [0.2, 0.25) is 5.02 Å². The maximum Gasteiger partial charge on any atom is 0.352 e. The van der Waals surface area contributed by atoms with Gasteiger partial charge in [-0.15, -0.1) is 5.10 Å². The maximum atomic E-state index is 13.3. The highest BCUT2D eigenvalue weighted by Gasteiger charge is 2.14. The molecule has 7 nitrogen and oxygen atoms in total. The van der Waals surface area contributed by atoms with Crippen molar-refractivity contribution in [2.45, 2.75) is 6.54 Å². The number of carbonyl (C=O) groups excluding carboxylic acids is 1. The van der Waals surface area contributed by atoms with Crippen LogP contribution in [0.3, 0.4) is 0 Å². The summed E-state index contributed by atoms with van der Waals surface area (Å²) >= 11 is 5.80. The molecule has 4 rings (SSSR count). The van der Waals surface area contributed by atoms with Crippen LogP contribution in [0.1, 0.15) is 0 Å². The van der Waals surface area contributed by atoms with Gasteiger partial charge in [0.05, 0.1) is 5.52 Å². The zero-order chi connectivity index (χ0) is 18.3. The van der Waals surface area contributed by atoms with Crippen molar-refractivity contribution in [1.82, 2.24) is 19.2 Å². The van der Waals surface area contributed by atoms with E-state index in [2.05, 4.69) is 15.4 Å². The first-order valence-corrected chi connectivity index (χ1v) is 7.98. The Labute approximate surface area is 150 Å². The summed E-state index contributed by atoms with van der Waals surface area (Å²) in [5.41, 5.74) is 0.725. The molecule has 1 amide bonds. The van der Waals surface area contributed by atoms with E-state index in [1.165, 1.54) is 28.9 Å². The minimum absolute atomic E-state index is 0.272. The predicted octanol–water partition coefficient (Wildman–Crippen LogP) is 2.48. The lowest BCUT2D eigenvalue weighted by molar-refractivity contribution is -0.117. The minimum atomic E-state index is -0.509. The van der Waals surface area contributed by atoms with Gasteiger partial charge in [-0.3, -0.25) is 4.79 Å². The van der Waals surface area contributed by atoms with Crippen molar-refractivity contribution >= 4 is 39.7 Å². The second kappa shape index (κ2) is 6.23. The number of fused-ring (bicyclic) bond motifs is 3. The molecule has 0 fully saturated rings. The van der Waals surface area contributed by atoms with Crippen LogP contribution in [0.4, 0.5) is 10.1 Å². The zero-order valence-corrected chi connectivity index (χ0v) is 13.9. The molecule has 0 unspecified atom stereocenters. The van der Waals surface area contributed by atoms with Crippen molar-refractivity contribution in [2.24, 2.45) is 0 Å². The average Bonchev–Trinajstić information content (AvgIpc) is 2.93. The zero-order valence-electron chi connectivity index (χ0n) is 13.2. The molecule has 0 aliphatic rings. The number of nitrogens with one attached hydrogen (secondary N) is 1. The van der Waals surface area contributed by atoms with Crippen molar-refractivity contribution in [3.63, 3.8) is 0 Å². The molecule has 0 saturated heterocycles. The van der Waals surface area contributed by atoms with E-state index in [0.717, 1.165) is 4.68 Å². The molecule has 130 valence electrons. The molecule has 2 aromatic heterocycles. The van der Waals surface area contributed by atoms with E-state index in [-0.39, 0.29) is 6.54 Å². The first-order chi connectivity index (χ1) is 12.5. The van der Waals surface area contributed by atoms with Crippen LogP contribution < -0.4 is 11.0 Å². The lowest BCUT2D eigenvalue weighted by Crippen LogP contribution is -2.28. The summed E-state index contributed by atoms with van der Waals surface area (Å²) in [6.45, 7) is -0.272. The second-order valence-electron chi connectivity index (χ2n) is 5.59. The Morgan fingerprint density at radius 1 is 1.19 bits per heavy atom. The van der Waals surface area contributed by atoms with Gasteiger partial charge in [-0.05, 0) is 36.4 Å². The fourth-order valence-corrected chi connectivity index (χ4v) is 2.73. The summed E-state index contributed by atoms with van der Waals surface area (Å²) in [6, 6.07) is 10.6. The fraction of sp³-hybridized carbons (Fsp3) is 0.0588. The summed E-state index contributed by atoms with van der Waals surface area (Å²) in [6.07, 6.45) is 1.26. The van der Waals surface area contributed by atoms with E-state index in [0.29, 0.717) is 27.3 Å². The number of benzene rings is 2. The Balaban J connectivity index is 1.67. The summed E-state index contributed by atoms with van der Waals surface area (Å²) in [7, 11) is 0. The van der Waals surface area contributed by atoms with Crippen LogP contribution in [0.25, 0.3) is 16.6 Å². The molecule has 0 saturated carbocycles. The highest BCUT2D eigenvalue weighted by molar-refractivity contribution is 6.30. The van der Waals surface area contributed by atoms with Gasteiger partial charge in [-0.2, -0.15) is 0 Å². The van der Waals surface area contributed by atoms with Crippen molar-refractivity contribution in [3.8, 4) is 0 Å². The summed E-state index contributed by atoms with van der Waals surface area (Å²) < 4.78 is 15.6. The number of rotatable bonds is 3. The van der Waals surface area contributed by atoms with E-state index >= 15 is 0 Å². The molecular formula is C17H11ClFN5O2. The molecule has 26 heavy (non-hydrogen) atoms. The number of hydrogen-bond acceptors (Lipinski definition) is 4. The third-order valence-corrected chi connectivity index (χ3v) is 4.06. The molecule has 0 aliphatic carbocycles. The molecule has 0 radical (unpaired) electrons. The molecule has 9 heteroatoms. The Kier molecular flexibility index (Phi) is 3.89. The SMILES string of the molecule is O=C(Cn1nc2c3ccc(F)cc3ncn2c1=O)Nc1ccc(Cl)cc1. The number of halogens is 2. The van der Waals surface area contributed by atoms with E-state index in [4.69, 9.17) is 11.6 Å². The van der Waals surface area contributed by atoms with Gasteiger partial charge >= 0.3 is 5.69 Å². The standard InChI is InChI=1S/C17H11ClFN5O2/c18-10-1-4-12(5-2-10)21-15(25)8-24-17(26)23-9-20-14-7-11(19)3-6-13(14)16(23)22-24/h1-7,9H,8H2,(H,21,25). The first-order valence-electron chi connectivity index (χ1n) is 7.60. The highest BCUT2D eigenvalue weighted by Crippen LogP contribution is 2.16. The smallest absolute Gasteiger partial charge is 0.324 e. The maximum absolute atomic E-state index is 13.3. The van der Waals surface area contributed by atoms with Crippen LogP contribution in [0, 0.1) is 5.82 Å². The number of amides is 1. The van der Waals surface area contributed by atoms with Crippen LogP contribution in [-0.4, -0.2) is 25.1 Å². The first kappa shape index (κ1) is 16.2. The fourth-order valence-electron chi connectivity index (χ4n) is 2.60. The largest absolute Gasteiger partial charge is 0.352 e. The van der Waals surface area contributed by atoms with Gasteiger partial charge in [0.2, 0.25) is 5.91 Å². The lowest BCUT2D eigenvalue weighted by Gasteiger charge is -2.04. The van der Waals surface area contributed by atoms with Crippen molar-refractivity contribution < 1.29 is 9.18 Å². The third kappa shape index (κ3) is 2.91. The topological polar surface area (TPSA) is 81.3 Å². The highest BCUT2D eigenvalue weighted by atomic mass is 35.5. The minimum Gasteiger partial charge on any atom is -0.324 e. The Bertz CT molecular complexity index is 1200. The lowest BCUT2D eigenvalue weighted by atomic mass is 10.2. The van der Waals surface area contributed by atoms with Gasteiger partial charge in [-0.1, -0.05) is 11.6 Å². The summed E-state index contributed by atoms with van der Waals surface area (Å²) in [5.74, 6) is -0.848. The van der Waals surface area contributed by atoms with Crippen molar-refractivity contribution in [2.75, 3.05) is 5.32 Å². The molecule has 2 heterocycles. The van der Waals surface area contributed by atoms with Gasteiger partial charge < -0.3 is 5.32 Å². The monoisotopic (exact) mass is 371 g/mol. The Morgan fingerprint density at radius 2 is 1.96 bits per heavy atom. The van der Waals surface area contributed by atoms with Gasteiger partial charge in [0.1, 0.15) is 18.7 Å². The molecule has 0 bridgehead atoms. The van der Waals surface area contributed by atoms with Gasteiger partial charge in [-0.25, -0.2) is 23.3 Å². The quantitative estimate of drug-likeness (QED) is 0.600. The van der Waals surface area contributed by atoms with Crippen LogP contribution >= 0.6 is 11.6 Å². The molecule has 2 aromatic carbocycles. The summed E-state index contributed by atoms with van der Waals surface area (Å²) in [4.78, 5) is 28.7. The number of aromatic nitrogens is 4. The van der Waals surface area contributed by atoms with E-state index < -0.39 is 17.4 Å². The summed E-state index contributed by atoms with van der Waals surface area (Å²) in [5, 5.41) is 7.92. The number of carbonyl (C=O) groups is 1. The molecule has 1 N–H and O–H groups in total. The van der Waals surface area contributed by atoms with Crippen molar-refractivity contribution in [1.29, 1.82) is 0 Å². The molecule has 4 aromatic rings. The van der Waals surface area contributed by atoms with Gasteiger partial charge in [0.25, 0.3) is 0 Å². The number of anilines is 1. The van der Waals surface area contributed by atoms with Gasteiger partial charge in [0.15, 0.2) is 5.65 Å². The van der Waals surface area contributed by atoms with Crippen LogP contribution in [0.5, 0.6) is 0 Å². The van der Waals surface area contributed by atoms with E-state index in [1.807, 2.05) is 0 Å². The Morgan fingerprint density at radius 3 is 2.73 bits per heavy atom. The van der Waals surface area contributed by atoms with E-state index in [9.17, 15) is 14.0 Å². The average molecular weight is 372 g/mol. The van der Waals surface area contributed by atoms with E-state index in [1.54, 1.807) is 24.3 Å². The van der Waals surface area contributed by atoms with Gasteiger partial charge in [0, 0.05) is 22.2 Å². The molecular weight excluding hydrogens is 361 g/mol. The molecule has 0 aliphatic heterocycles. The third-order valence-electron chi connectivity index (χ3n) is 3.80. The van der Waals surface area contributed by atoms with Crippen LogP contribution in [-0.2, 0) is 11.3 Å². The number of nitrogens with zero attached hydrogens (tertiary/aromatic N) is 4. The normalized spacial score (nSPS) is 11.2. The Hall–Kier alpha value is -3.26. The molecule has 0 atom stereocenters. The van der Waals surface area contributed by atoms with Crippen molar-refractivity contribution in [3.05, 3.63) is 70.1 Å². The molecule has 0 spiro atoms. The second-order valence-corrected chi connectivity index (χ2v) is 6.03. The predicted molar refractivity (Wildman–Crippen MR) is 94.8 cm³/mol. The van der Waals surface area contributed by atoms with Crippen LogP contribution in [0.15, 0.2) is 53.6 Å². The number of hydrogen-bond donors (Lipinski definition) is 1.